The van der Waals surface area contributed by atoms with E-state index in [1.54, 1.807) is 6.07 Å². The molecule has 0 saturated heterocycles. The van der Waals surface area contributed by atoms with Gasteiger partial charge in [0, 0.05) is 17.9 Å². The van der Waals surface area contributed by atoms with Crippen LogP contribution in [-0.4, -0.2) is 32.0 Å². The lowest BCUT2D eigenvalue weighted by atomic mass is 9.92. The van der Waals surface area contributed by atoms with Crippen LogP contribution in [0.3, 0.4) is 0 Å². The van der Waals surface area contributed by atoms with Crippen LogP contribution in [-0.2, 0) is 16.6 Å². The minimum Gasteiger partial charge on any atom is -0.338 e. The highest BCUT2D eigenvalue weighted by molar-refractivity contribution is 7.99. The standard InChI is InChI=1S/C17H25N5O2S/c1-17(2,3)12-9-15(24-22-12)19-14(23)10-25-16-18-13(20-21-16)8-11-6-4-5-7-11/h9,11H,4-8,10H2,1-3H3,(H,19,23)(H,18,20,21). The minimum absolute atomic E-state index is 0.115. The van der Waals surface area contributed by atoms with E-state index in [-0.39, 0.29) is 17.1 Å². The summed E-state index contributed by atoms with van der Waals surface area (Å²) in [5, 5.41) is 14.5. The zero-order valence-corrected chi connectivity index (χ0v) is 15.8. The van der Waals surface area contributed by atoms with Gasteiger partial charge in [-0.2, -0.15) is 0 Å². The van der Waals surface area contributed by atoms with E-state index in [4.69, 9.17) is 4.52 Å². The maximum atomic E-state index is 12.0. The Bertz CT molecular complexity index is 713. The van der Waals surface area contributed by atoms with Crippen LogP contribution < -0.4 is 5.32 Å². The number of carbonyl (C=O) groups excluding carboxylic acids is 1. The number of thioether (sulfide) groups is 1. The number of hydrogen-bond donors (Lipinski definition) is 2. The molecule has 1 fully saturated rings. The summed E-state index contributed by atoms with van der Waals surface area (Å²) in [6.45, 7) is 6.12. The molecule has 1 aliphatic rings. The van der Waals surface area contributed by atoms with Crippen molar-refractivity contribution < 1.29 is 9.32 Å². The zero-order valence-electron chi connectivity index (χ0n) is 15.0. The predicted octanol–water partition coefficient (Wildman–Crippen LogP) is 3.55. The summed E-state index contributed by atoms with van der Waals surface area (Å²) in [6.07, 6.45) is 6.14. The smallest absolute Gasteiger partial charge is 0.237 e. The van der Waals surface area contributed by atoms with Crippen molar-refractivity contribution in [3.05, 3.63) is 17.6 Å². The van der Waals surface area contributed by atoms with Gasteiger partial charge in [0.05, 0.1) is 11.4 Å². The average Bonchev–Trinajstić information content (AvgIpc) is 3.26. The van der Waals surface area contributed by atoms with Gasteiger partial charge in [0.25, 0.3) is 0 Å². The first-order valence-electron chi connectivity index (χ1n) is 8.71. The molecule has 1 saturated carbocycles. The van der Waals surface area contributed by atoms with Crippen molar-refractivity contribution in [2.45, 2.75) is 63.4 Å². The van der Waals surface area contributed by atoms with Crippen LogP contribution >= 0.6 is 11.8 Å². The summed E-state index contributed by atoms with van der Waals surface area (Å²) in [5.41, 5.74) is 0.691. The van der Waals surface area contributed by atoms with Crippen molar-refractivity contribution in [2.75, 3.05) is 11.1 Å². The predicted molar refractivity (Wildman–Crippen MR) is 96.6 cm³/mol. The highest BCUT2D eigenvalue weighted by Gasteiger charge is 2.20. The molecule has 0 spiro atoms. The summed E-state index contributed by atoms with van der Waals surface area (Å²) in [6, 6.07) is 1.76. The van der Waals surface area contributed by atoms with E-state index in [0.29, 0.717) is 11.0 Å². The van der Waals surface area contributed by atoms with Gasteiger partial charge in [-0.3, -0.25) is 15.2 Å². The first-order valence-corrected chi connectivity index (χ1v) is 9.70. The third-order valence-electron chi connectivity index (χ3n) is 4.34. The number of anilines is 1. The van der Waals surface area contributed by atoms with Crippen molar-refractivity contribution in [3.63, 3.8) is 0 Å². The van der Waals surface area contributed by atoms with Crippen LogP contribution in [0.2, 0.25) is 0 Å². The number of nitrogens with one attached hydrogen (secondary N) is 2. The van der Waals surface area contributed by atoms with E-state index in [1.165, 1.54) is 37.4 Å². The largest absolute Gasteiger partial charge is 0.338 e. The van der Waals surface area contributed by atoms with Gasteiger partial charge < -0.3 is 4.52 Å². The Morgan fingerprint density at radius 1 is 1.40 bits per heavy atom. The molecule has 2 N–H and O–H groups in total. The first kappa shape index (κ1) is 18.0. The Morgan fingerprint density at radius 2 is 2.16 bits per heavy atom. The minimum atomic E-state index is -0.163. The monoisotopic (exact) mass is 363 g/mol. The average molecular weight is 363 g/mol. The molecular weight excluding hydrogens is 338 g/mol. The number of amides is 1. The summed E-state index contributed by atoms with van der Waals surface area (Å²) in [7, 11) is 0. The van der Waals surface area contributed by atoms with Gasteiger partial charge in [-0.05, 0) is 5.92 Å². The highest BCUT2D eigenvalue weighted by Crippen LogP contribution is 2.27. The quantitative estimate of drug-likeness (QED) is 0.762. The molecule has 1 amide bonds. The number of carbonyl (C=O) groups is 1. The Morgan fingerprint density at radius 3 is 2.84 bits per heavy atom. The van der Waals surface area contributed by atoms with E-state index < -0.39 is 0 Å². The molecule has 3 rings (SSSR count). The molecule has 2 heterocycles. The Balaban J connectivity index is 1.46. The van der Waals surface area contributed by atoms with Crippen LogP contribution in [0, 0.1) is 5.92 Å². The molecule has 0 atom stereocenters. The topological polar surface area (TPSA) is 96.7 Å². The van der Waals surface area contributed by atoms with Crippen LogP contribution in [0.15, 0.2) is 15.7 Å². The van der Waals surface area contributed by atoms with Crippen molar-refractivity contribution in [3.8, 4) is 0 Å². The van der Waals surface area contributed by atoms with Crippen molar-refractivity contribution in [1.29, 1.82) is 0 Å². The van der Waals surface area contributed by atoms with Gasteiger partial charge >= 0.3 is 0 Å². The summed E-state index contributed by atoms with van der Waals surface area (Å²) >= 11 is 1.31. The molecule has 0 aromatic carbocycles. The molecule has 2 aromatic heterocycles. The SMILES string of the molecule is CC(C)(C)c1cc(NC(=O)CSc2n[nH]c(CC3CCCC3)n2)on1. The molecule has 0 aliphatic heterocycles. The number of aromatic amines is 1. The summed E-state index contributed by atoms with van der Waals surface area (Å²) < 4.78 is 5.16. The third kappa shape index (κ3) is 5.07. The number of aromatic nitrogens is 4. The number of rotatable bonds is 6. The molecule has 0 radical (unpaired) electrons. The van der Waals surface area contributed by atoms with E-state index >= 15 is 0 Å². The Hall–Kier alpha value is -1.83. The molecule has 0 unspecified atom stereocenters. The van der Waals surface area contributed by atoms with Crippen molar-refractivity contribution in [1.82, 2.24) is 20.3 Å². The van der Waals surface area contributed by atoms with Crippen LogP contribution in [0.25, 0.3) is 0 Å². The normalized spacial score (nSPS) is 15.6. The second-order valence-electron chi connectivity index (χ2n) is 7.58. The molecular formula is C17H25N5O2S. The molecule has 1 aliphatic carbocycles. The van der Waals surface area contributed by atoms with Gasteiger partial charge in [-0.15, -0.1) is 5.10 Å². The maximum absolute atomic E-state index is 12.0. The molecule has 0 bridgehead atoms. The second-order valence-corrected chi connectivity index (χ2v) is 8.53. The fraction of sp³-hybridized carbons (Fsp3) is 0.647. The van der Waals surface area contributed by atoms with E-state index in [0.717, 1.165) is 23.9 Å². The van der Waals surface area contributed by atoms with Crippen molar-refractivity contribution >= 4 is 23.6 Å². The van der Waals surface area contributed by atoms with Crippen LogP contribution in [0.4, 0.5) is 5.88 Å². The zero-order chi connectivity index (χ0) is 17.9. The van der Waals surface area contributed by atoms with E-state index in [9.17, 15) is 4.79 Å². The molecule has 25 heavy (non-hydrogen) atoms. The van der Waals surface area contributed by atoms with Crippen LogP contribution in [0.5, 0.6) is 0 Å². The van der Waals surface area contributed by atoms with Gasteiger partial charge in [0.15, 0.2) is 0 Å². The second kappa shape index (κ2) is 7.59. The maximum Gasteiger partial charge on any atom is 0.237 e. The van der Waals surface area contributed by atoms with Gasteiger partial charge in [0.1, 0.15) is 5.82 Å². The summed E-state index contributed by atoms with van der Waals surface area (Å²) in [5.74, 6) is 2.07. The van der Waals surface area contributed by atoms with Gasteiger partial charge in [0.2, 0.25) is 16.9 Å². The van der Waals surface area contributed by atoms with E-state index in [2.05, 4.69) is 25.7 Å². The number of nitrogens with zero attached hydrogens (tertiary/aromatic N) is 3. The number of H-pyrrole nitrogens is 1. The van der Waals surface area contributed by atoms with E-state index in [1.807, 2.05) is 20.8 Å². The fourth-order valence-corrected chi connectivity index (χ4v) is 3.53. The fourth-order valence-electron chi connectivity index (χ4n) is 2.91. The van der Waals surface area contributed by atoms with Gasteiger partial charge in [-0.1, -0.05) is 63.4 Å². The lowest BCUT2D eigenvalue weighted by Gasteiger charge is -2.12. The Labute approximate surface area is 151 Å². The van der Waals surface area contributed by atoms with Gasteiger partial charge in [-0.25, -0.2) is 4.98 Å². The third-order valence-corrected chi connectivity index (χ3v) is 5.19. The Kier molecular flexibility index (Phi) is 5.46. The summed E-state index contributed by atoms with van der Waals surface area (Å²) in [4.78, 5) is 16.5. The molecule has 136 valence electrons. The highest BCUT2D eigenvalue weighted by atomic mass is 32.2. The van der Waals surface area contributed by atoms with Crippen LogP contribution in [0.1, 0.15) is 58.0 Å². The lowest BCUT2D eigenvalue weighted by molar-refractivity contribution is -0.113. The molecule has 2 aromatic rings. The molecule has 8 heteroatoms. The number of hydrogen-bond acceptors (Lipinski definition) is 6. The van der Waals surface area contributed by atoms with Crippen molar-refractivity contribution in [2.24, 2.45) is 5.92 Å². The first-order chi connectivity index (χ1) is 11.9. The lowest BCUT2D eigenvalue weighted by Crippen LogP contribution is -2.14. The molecule has 7 nitrogen and oxygen atoms in total.